The molecule has 0 unspecified atom stereocenters. The summed E-state index contributed by atoms with van der Waals surface area (Å²) >= 11 is 1.55. The van der Waals surface area contributed by atoms with E-state index in [-0.39, 0.29) is 11.7 Å². The average Bonchev–Trinajstić information content (AvgIpc) is 2.92. The van der Waals surface area contributed by atoms with Crippen molar-refractivity contribution in [1.82, 2.24) is 4.98 Å². The van der Waals surface area contributed by atoms with Crippen LogP contribution in [0.25, 0.3) is 11.3 Å². The Balaban J connectivity index is 2.61. The summed E-state index contributed by atoms with van der Waals surface area (Å²) in [7, 11) is 1.52. The molecule has 0 atom stereocenters. The lowest BCUT2D eigenvalue weighted by Crippen LogP contribution is -2.05. The first-order valence-corrected chi connectivity index (χ1v) is 7.58. The van der Waals surface area contributed by atoms with Crippen LogP contribution in [0.4, 0.5) is 4.79 Å². The molecule has 0 aliphatic heterocycles. The smallest absolute Gasteiger partial charge is 0.457 e. The Labute approximate surface area is 132 Å². The number of rotatable bonds is 4. The highest BCUT2D eigenvalue weighted by atomic mass is 32.1. The zero-order valence-electron chi connectivity index (χ0n) is 12.8. The van der Waals surface area contributed by atoms with Crippen molar-refractivity contribution in [3.63, 3.8) is 0 Å². The quantitative estimate of drug-likeness (QED) is 0.822. The average molecular weight is 319 g/mol. The maximum atomic E-state index is 11.3. The number of carbonyl (C=O) groups excluding carboxylic acids is 1. The zero-order chi connectivity index (χ0) is 16.3. The van der Waals surface area contributed by atoms with Gasteiger partial charge in [0.1, 0.15) is 0 Å². The minimum absolute atomic E-state index is 0.167. The van der Waals surface area contributed by atoms with Gasteiger partial charge in [-0.1, -0.05) is 19.0 Å². The lowest BCUT2D eigenvalue weighted by molar-refractivity contribution is 0.206. The summed E-state index contributed by atoms with van der Waals surface area (Å²) in [6.07, 6.45) is -0.986. The third kappa shape index (κ3) is 3.30. The van der Waals surface area contributed by atoms with Crippen molar-refractivity contribution in [1.29, 1.82) is 5.53 Å². The second kappa shape index (κ2) is 6.65. The molecule has 0 radical (unpaired) electrons. The molecule has 2 rings (SSSR count). The molecule has 0 saturated heterocycles. The standard InChI is InChI=1S/C15H17N3O3S/c1-8(2)11-5-10(12-7-22-9(3)17-12)6-13(14(11)20-4)21-15(19)18-16/h5-8,16H,1-4H3. The third-order valence-electron chi connectivity index (χ3n) is 3.11. The number of hydrogen-bond donors (Lipinski definition) is 1. The van der Waals surface area contributed by atoms with Gasteiger partial charge in [-0.25, -0.2) is 9.78 Å². The molecular weight excluding hydrogens is 302 g/mol. The second-order valence-corrected chi connectivity index (χ2v) is 6.05. The molecule has 1 aromatic heterocycles. The van der Waals surface area contributed by atoms with Crippen molar-refractivity contribution in [2.24, 2.45) is 5.11 Å². The van der Waals surface area contributed by atoms with Gasteiger partial charge in [0, 0.05) is 16.5 Å². The normalized spacial score (nSPS) is 10.6. The van der Waals surface area contributed by atoms with Gasteiger partial charge in [0.25, 0.3) is 0 Å². The van der Waals surface area contributed by atoms with E-state index in [2.05, 4.69) is 10.1 Å². The zero-order valence-corrected chi connectivity index (χ0v) is 13.7. The van der Waals surface area contributed by atoms with Crippen LogP contribution in [0.15, 0.2) is 22.6 Å². The van der Waals surface area contributed by atoms with Crippen molar-refractivity contribution >= 4 is 17.4 Å². The molecule has 0 fully saturated rings. The Morgan fingerprint density at radius 1 is 1.41 bits per heavy atom. The number of aryl methyl sites for hydroxylation is 1. The van der Waals surface area contributed by atoms with Crippen molar-refractivity contribution in [2.75, 3.05) is 7.11 Å². The Hall–Kier alpha value is -2.28. The van der Waals surface area contributed by atoms with Crippen LogP contribution in [0.5, 0.6) is 11.5 Å². The van der Waals surface area contributed by atoms with Gasteiger partial charge in [-0.05, 0) is 25.0 Å². The van der Waals surface area contributed by atoms with Gasteiger partial charge in [-0.3, -0.25) is 0 Å². The summed E-state index contributed by atoms with van der Waals surface area (Å²) in [6.45, 7) is 5.98. The van der Waals surface area contributed by atoms with Crippen LogP contribution < -0.4 is 9.47 Å². The molecule has 0 aliphatic rings. The van der Waals surface area contributed by atoms with E-state index in [1.54, 1.807) is 17.4 Å². The van der Waals surface area contributed by atoms with Crippen LogP contribution in [-0.2, 0) is 0 Å². The predicted octanol–water partition coefficient (Wildman–Crippen LogP) is 4.78. The third-order valence-corrected chi connectivity index (χ3v) is 3.89. The number of nitrogens with zero attached hydrogens (tertiary/aromatic N) is 2. The van der Waals surface area contributed by atoms with Gasteiger partial charge in [-0.2, -0.15) is 5.53 Å². The maximum absolute atomic E-state index is 11.3. The first kappa shape index (κ1) is 16.1. The molecule has 7 heteroatoms. The number of carbonyl (C=O) groups is 1. The van der Waals surface area contributed by atoms with Crippen molar-refractivity contribution in [3.8, 4) is 22.8 Å². The summed E-state index contributed by atoms with van der Waals surface area (Å²) < 4.78 is 10.5. The summed E-state index contributed by atoms with van der Waals surface area (Å²) in [5.41, 5.74) is 9.29. The molecule has 22 heavy (non-hydrogen) atoms. The molecule has 2 aromatic rings. The first-order valence-electron chi connectivity index (χ1n) is 6.70. The number of hydrogen-bond acceptors (Lipinski definition) is 6. The van der Waals surface area contributed by atoms with Crippen LogP contribution in [-0.4, -0.2) is 18.2 Å². The maximum Gasteiger partial charge on any atom is 0.457 e. The summed E-state index contributed by atoms with van der Waals surface area (Å²) in [6, 6.07) is 3.66. The summed E-state index contributed by atoms with van der Waals surface area (Å²) in [5, 5.41) is 5.66. The summed E-state index contributed by atoms with van der Waals surface area (Å²) in [4.78, 5) is 15.8. The van der Waals surface area contributed by atoms with Gasteiger partial charge in [0.15, 0.2) is 11.5 Å². The Morgan fingerprint density at radius 3 is 2.64 bits per heavy atom. The van der Waals surface area contributed by atoms with Crippen LogP contribution in [0.2, 0.25) is 0 Å². The number of nitrogens with one attached hydrogen (secondary N) is 1. The van der Waals surface area contributed by atoms with E-state index in [0.717, 1.165) is 21.8 Å². The first-order chi connectivity index (χ1) is 10.5. The number of ether oxygens (including phenoxy) is 2. The fourth-order valence-corrected chi connectivity index (χ4v) is 2.73. The molecule has 6 nitrogen and oxygen atoms in total. The van der Waals surface area contributed by atoms with E-state index >= 15 is 0 Å². The van der Waals surface area contributed by atoms with Gasteiger partial charge in [0.2, 0.25) is 0 Å². The monoisotopic (exact) mass is 319 g/mol. The predicted molar refractivity (Wildman–Crippen MR) is 84.1 cm³/mol. The topological polar surface area (TPSA) is 84.6 Å². The molecule has 116 valence electrons. The molecule has 0 aliphatic carbocycles. The van der Waals surface area contributed by atoms with Gasteiger partial charge < -0.3 is 9.47 Å². The van der Waals surface area contributed by atoms with Crippen LogP contribution in [0.3, 0.4) is 0 Å². The molecule has 1 heterocycles. The van der Waals surface area contributed by atoms with E-state index in [9.17, 15) is 4.79 Å². The number of methoxy groups -OCH3 is 1. The SMILES string of the molecule is COc1c(OC(=O)N=N)cc(-c2csc(C)n2)cc1C(C)C. The highest BCUT2D eigenvalue weighted by Gasteiger charge is 2.19. The van der Waals surface area contributed by atoms with Crippen LogP contribution in [0.1, 0.15) is 30.3 Å². The van der Waals surface area contributed by atoms with Gasteiger partial charge in [-0.15, -0.1) is 11.3 Å². The van der Waals surface area contributed by atoms with E-state index < -0.39 is 6.09 Å². The van der Waals surface area contributed by atoms with Gasteiger partial charge in [0.05, 0.1) is 17.8 Å². The highest BCUT2D eigenvalue weighted by Crippen LogP contribution is 2.40. The second-order valence-electron chi connectivity index (χ2n) is 4.98. The van der Waals surface area contributed by atoms with E-state index in [0.29, 0.717) is 5.75 Å². The lowest BCUT2D eigenvalue weighted by atomic mass is 9.98. The number of aromatic nitrogens is 1. The number of thiazole rings is 1. The van der Waals surface area contributed by atoms with Gasteiger partial charge >= 0.3 is 6.09 Å². The molecular formula is C15H17N3O3S. The van der Waals surface area contributed by atoms with Crippen molar-refractivity contribution in [3.05, 3.63) is 28.1 Å². The molecule has 0 saturated carbocycles. The minimum atomic E-state index is -0.986. The van der Waals surface area contributed by atoms with Crippen LogP contribution in [0, 0.1) is 12.5 Å². The molecule has 1 amide bonds. The molecule has 1 aromatic carbocycles. The Kier molecular flexibility index (Phi) is 4.87. The largest absolute Gasteiger partial charge is 0.493 e. The molecule has 0 bridgehead atoms. The van der Waals surface area contributed by atoms with E-state index in [1.807, 2.05) is 32.2 Å². The van der Waals surface area contributed by atoms with E-state index in [4.69, 9.17) is 15.0 Å². The van der Waals surface area contributed by atoms with Crippen molar-refractivity contribution in [2.45, 2.75) is 26.7 Å². The minimum Gasteiger partial charge on any atom is -0.493 e. The Morgan fingerprint density at radius 2 is 2.14 bits per heavy atom. The molecule has 1 N–H and O–H groups in total. The van der Waals surface area contributed by atoms with Crippen molar-refractivity contribution < 1.29 is 14.3 Å². The highest BCUT2D eigenvalue weighted by molar-refractivity contribution is 7.09. The van der Waals surface area contributed by atoms with E-state index in [1.165, 1.54) is 7.11 Å². The summed E-state index contributed by atoms with van der Waals surface area (Å²) in [5.74, 6) is 0.887. The Bertz CT molecular complexity index is 710. The fourth-order valence-electron chi connectivity index (χ4n) is 2.11. The number of benzene rings is 1. The number of amides is 1. The molecule has 0 spiro atoms. The van der Waals surface area contributed by atoms with Crippen LogP contribution >= 0.6 is 11.3 Å². The lowest BCUT2D eigenvalue weighted by Gasteiger charge is -2.16. The fraction of sp³-hybridized carbons (Fsp3) is 0.333.